The Bertz CT molecular complexity index is 986. The summed E-state index contributed by atoms with van der Waals surface area (Å²) in [5, 5.41) is 0. The average molecular weight is 432 g/mol. The minimum absolute atomic E-state index is 0.0733. The Labute approximate surface area is 176 Å². The summed E-state index contributed by atoms with van der Waals surface area (Å²) in [6, 6.07) is 14.7. The van der Waals surface area contributed by atoms with Crippen molar-refractivity contribution in [1.29, 1.82) is 0 Å². The van der Waals surface area contributed by atoms with Crippen LogP contribution in [-0.2, 0) is 14.8 Å². The van der Waals surface area contributed by atoms with Gasteiger partial charge in [-0.05, 0) is 30.5 Å². The van der Waals surface area contributed by atoms with Crippen molar-refractivity contribution in [2.24, 2.45) is 0 Å². The van der Waals surface area contributed by atoms with Crippen molar-refractivity contribution in [2.45, 2.75) is 23.8 Å². The number of halogens is 1. The van der Waals surface area contributed by atoms with E-state index in [-0.39, 0.29) is 23.9 Å². The van der Waals surface area contributed by atoms with Crippen molar-refractivity contribution < 1.29 is 17.6 Å². The van der Waals surface area contributed by atoms with Gasteiger partial charge >= 0.3 is 0 Å². The minimum Gasteiger partial charge on any atom is -0.341 e. The third-order valence-corrected chi connectivity index (χ3v) is 7.79. The molecule has 2 aromatic rings. The summed E-state index contributed by atoms with van der Waals surface area (Å²) in [6.45, 7) is 2.79. The highest BCUT2D eigenvalue weighted by Gasteiger charge is 2.37. The van der Waals surface area contributed by atoms with Crippen LogP contribution >= 0.6 is 0 Å². The minimum atomic E-state index is -3.91. The second-order valence-corrected chi connectivity index (χ2v) is 9.62. The zero-order chi connectivity index (χ0) is 21.1. The first-order chi connectivity index (χ1) is 14.5. The summed E-state index contributed by atoms with van der Waals surface area (Å²) in [5.41, 5.74) is 0.916. The lowest BCUT2D eigenvalue weighted by atomic mass is 10.0. The van der Waals surface area contributed by atoms with Crippen LogP contribution < -0.4 is 0 Å². The van der Waals surface area contributed by atoms with Gasteiger partial charge in [0.15, 0.2) is 0 Å². The molecule has 0 spiro atoms. The number of hydrogen-bond donors (Lipinski definition) is 0. The highest BCUT2D eigenvalue weighted by molar-refractivity contribution is 7.89. The van der Waals surface area contributed by atoms with E-state index in [1.54, 1.807) is 0 Å². The number of rotatable bonds is 5. The van der Waals surface area contributed by atoms with Crippen molar-refractivity contribution in [3.8, 4) is 0 Å². The normalized spacial score (nSPS) is 19.7. The first-order valence-corrected chi connectivity index (χ1v) is 11.7. The van der Waals surface area contributed by atoms with Crippen molar-refractivity contribution in [3.63, 3.8) is 0 Å². The predicted octanol–water partition coefficient (Wildman–Crippen LogP) is 2.50. The second-order valence-electron chi connectivity index (χ2n) is 7.72. The first-order valence-electron chi connectivity index (χ1n) is 10.3. The molecule has 4 rings (SSSR count). The van der Waals surface area contributed by atoms with E-state index < -0.39 is 21.9 Å². The molecule has 2 heterocycles. The van der Waals surface area contributed by atoms with Gasteiger partial charge in [0.05, 0.1) is 0 Å². The molecule has 30 heavy (non-hydrogen) atoms. The van der Waals surface area contributed by atoms with E-state index in [0.717, 1.165) is 37.6 Å². The molecule has 2 fully saturated rings. The Kier molecular flexibility index (Phi) is 6.17. The molecule has 0 bridgehead atoms. The molecule has 8 heteroatoms. The number of sulfonamides is 1. The number of amides is 1. The molecule has 160 valence electrons. The van der Waals surface area contributed by atoms with Gasteiger partial charge in [0.2, 0.25) is 15.9 Å². The topological polar surface area (TPSA) is 60.9 Å². The molecule has 0 saturated carbocycles. The maximum absolute atomic E-state index is 14.1. The smallest absolute Gasteiger partial charge is 0.246 e. The van der Waals surface area contributed by atoms with Crippen molar-refractivity contribution in [2.75, 3.05) is 39.3 Å². The van der Waals surface area contributed by atoms with Gasteiger partial charge in [0.25, 0.3) is 0 Å². The summed E-state index contributed by atoms with van der Waals surface area (Å²) in [5.74, 6) is -0.671. The molecular weight excluding hydrogens is 405 g/mol. The molecule has 2 aliphatic heterocycles. The Morgan fingerprint density at radius 1 is 0.833 bits per heavy atom. The molecule has 1 amide bonds. The van der Waals surface area contributed by atoms with Crippen LogP contribution in [0.15, 0.2) is 59.5 Å². The standard InChI is InChI=1S/C22H26FN3O3S/c23-19-10-4-5-11-20(19)30(28,29)26-16-14-24(15-17-26)21(18-8-2-1-3-9-18)22(27)25-12-6-7-13-25/h1-5,8-11,21H,6-7,12-17H2. The Morgan fingerprint density at radius 3 is 2.07 bits per heavy atom. The summed E-state index contributed by atoms with van der Waals surface area (Å²) < 4.78 is 41.2. The Balaban J connectivity index is 1.53. The largest absolute Gasteiger partial charge is 0.341 e. The summed E-state index contributed by atoms with van der Waals surface area (Å²) in [7, 11) is -3.91. The number of nitrogens with zero attached hydrogens (tertiary/aromatic N) is 3. The van der Waals surface area contributed by atoms with Crippen LogP contribution in [0.5, 0.6) is 0 Å². The molecule has 2 aromatic carbocycles. The van der Waals surface area contributed by atoms with Gasteiger partial charge in [-0.1, -0.05) is 42.5 Å². The molecule has 2 aliphatic rings. The number of carbonyl (C=O) groups excluding carboxylic acids is 1. The van der Waals surface area contributed by atoms with E-state index >= 15 is 0 Å². The summed E-state index contributed by atoms with van der Waals surface area (Å²) in [4.78, 5) is 16.9. The van der Waals surface area contributed by atoms with Gasteiger partial charge in [-0.15, -0.1) is 0 Å². The molecular formula is C22H26FN3O3S. The maximum atomic E-state index is 14.1. The molecule has 6 nitrogen and oxygen atoms in total. The summed E-state index contributed by atoms with van der Waals surface area (Å²) in [6.07, 6.45) is 2.03. The molecule has 1 unspecified atom stereocenters. The fourth-order valence-electron chi connectivity index (χ4n) is 4.25. The lowest BCUT2D eigenvalue weighted by Crippen LogP contribution is -2.52. The zero-order valence-corrected chi connectivity index (χ0v) is 17.6. The van der Waals surface area contributed by atoms with E-state index in [1.165, 1.54) is 22.5 Å². The van der Waals surface area contributed by atoms with Crippen molar-refractivity contribution in [3.05, 3.63) is 66.0 Å². The first kappa shape index (κ1) is 21.0. The third-order valence-electron chi connectivity index (χ3n) is 5.86. The average Bonchev–Trinajstić information content (AvgIpc) is 3.30. The third kappa shape index (κ3) is 4.12. The van der Waals surface area contributed by atoms with Crippen LogP contribution in [0.25, 0.3) is 0 Å². The highest BCUT2D eigenvalue weighted by Crippen LogP contribution is 2.28. The predicted molar refractivity (Wildman–Crippen MR) is 112 cm³/mol. The maximum Gasteiger partial charge on any atom is 0.246 e. The van der Waals surface area contributed by atoms with Gasteiger partial charge in [-0.25, -0.2) is 12.8 Å². The lowest BCUT2D eigenvalue weighted by Gasteiger charge is -2.39. The Hall–Kier alpha value is -2.29. The number of piperazine rings is 1. The molecule has 0 aliphatic carbocycles. The van der Waals surface area contributed by atoms with Crippen LogP contribution in [0.4, 0.5) is 4.39 Å². The van der Waals surface area contributed by atoms with Crippen LogP contribution in [0, 0.1) is 5.82 Å². The van der Waals surface area contributed by atoms with Crippen molar-refractivity contribution in [1.82, 2.24) is 14.1 Å². The van der Waals surface area contributed by atoms with Crippen LogP contribution in [0.2, 0.25) is 0 Å². The van der Waals surface area contributed by atoms with Crippen LogP contribution in [0.1, 0.15) is 24.4 Å². The SMILES string of the molecule is O=C(C(c1ccccc1)N1CCN(S(=O)(=O)c2ccccc2F)CC1)N1CCCC1. The molecule has 0 aromatic heterocycles. The molecule has 0 N–H and O–H groups in total. The summed E-state index contributed by atoms with van der Waals surface area (Å²) >= 11 is 0. The molecule has 0 radical (unpaired) electrons. The number of carbonyl (C=O) groups is 1. The fraction of sp³-hybridized carbons (Fsp3) is 0.409. The van der Waals surface area contributed by atoms with Gasteiger partial charge in [0.1, 0.15) is 16.8 Å². The van der Waals surface area contributed by atoms with Gasteiger partial charge in [0, 0.05) is 39.3 Å². The monoisotopic (exact) mass is 431 g/mol. The van der Waals surface area contributed by atoms with Gasteiger partial charge < -0.3 is 4.90 Å². The van der Waals surface area contributed by atoms with E-state index in [9.17, 15) is 17.6 Å². The van der Waals surface area contributed by atoms with E-state index in [2.05, 4.69) is 0 Å². The Morgan fingerprint density at radius 2 is 1.43 bits per heavy atom. The number of likely N-dealkylation sites (tertiary alicyclic amines) is 1. The lowest BCUT2D eigenvalue weighted by molar-refractivity contribution is -0.136. The van der Waals surface area contributed by atoms with E-state index in [0.29, 0.717) is 13.1 Å². The quantitative estimate of drug-likeness (QED) is 0.730. The van der Waals surface area contributed by atoms with Crippen LogP contribution in [0.3, 0.4) is 0 Å². The molecule has 2 saturated heterocycles. The molecule has 1 atom stereocenters. The second kappa shape index (κ2) is 8.83. The highest BCUT2D eigenvalue weighted by atomic mass is 32.2. The van der Waals surface area contributed by atoms with Crippen molar-refractivity contribution >= 4 is 15.9 Å². The van der Waals surface area contributed by atoms with E-state index in [1.807, 2.05) is 40.1 Å². The zero-order valence-electron chi connectivity index (χ0n) is 16.8. The van der Waals surface area contributed by atoms with Gasteiger partial charge in [-0.3, -0.25) is 9.69 Å². The number of benzene rings is 2. The van der Waals surface area contributed by atoms with Crippen LogP contribution in [-0.4, -0.2) is 67.7 Å². The number of hydrogen-bond acceptors (Lipinski definition) is 4. The fourth-order valence-corrected chi connectivity index (χ4v) is 5.74. The van der Waals surface area contributed by atoms with Gasteiger partial charge in [-0.2, -0.15) is 4.31 Å². The van der Waals surface area contributed by atoms with E-state index in [4.69, 9.17) is 0 Å².